The first-order valence-corrected chi connectivity index (χ1v) is 4.31. The molecule has 2 heteroatoms. The summed E-state index contributed by atoms with van der Waals surface area (Å²) in [5.74, 6) is 0.915. The molecule has 1 aliphatic rings. The van der Waals surface area contributed by atoms with Gasteiger partial charge in [-0.3, -0.25) is 4.79 Å². The lowest BCUT2D eigenvalue weighted by Gasteiger charge is -2.15. The van der Waals surface area contributed by atoms with E-state index in [1.54, 1.807) is 6.26 Å². The zero-order valence-corrected chi connectivity index (χ0v) is 7.39. The highest BCUT2D eigenvalue weighted by atomic mass is 16.3. The third kappa shape index (κ3) is 0.909. The smallest absolute Gasteiger partial charge is 0.201 e. The molecule has 1 aromatic heterocycles. The quantitative estimate of drug-likeness (QED) is 0.589. The van der Waals surface area contributed by atoms with E-state index in [1.807, 2.05) is 13.8 Å². The van der Waals surface area contributed by atoms with Gasteiger partial charge in [0.1, 0.15) is 0 Å². The molecule has 2 rings (SSSR count). The van der Waals surface area contributed by atoms with Crippen LogP contribution >= 0.6 is 0 Å². The average Bonchev–Trinajstić information content (AvgIpc) is 2.41. The third-order valence-electron chi connectivity index (χ3n) is 2.60. The number of furan rings is 1. The average molecular weight is 164 g/mol. The number of rotatable bonds is 0. The summed E-state index contributed by atoms with van der Waals surface area (Å²) in [6.45, 7) is 3.95. The van der Waals surface area contributed by atoms with Gasteiger partial charge in [-0.1, -0.05) is 6.92 Å². The first-order valence-electron chi connectivity index (χ1n) is 4.31. The van der Waals surface area contributed by atoms with E-state index in [2.05, 4.69) is 0 Å². The number of Topliss-reactive ketones (excluding diaryl/α,β-unsaturated/α-hetero) is 1. The molecule has 12 heavy (non-hydrogen) atoms. The van der Waals surface area contributed by atoms with E-state index in [9.17, 15) is 4.79 Å². The third-order valence-corrected chi connectivity index (χ3v) is 2.60. The van der Waals surface area contributed by atoms with Crippen molar-refractivity contribution < 1.29 is 9.21 Å². The van der Waals surface area contributed by atoms with Gasteiger partial charge in [0.2, 0.25) is 5.78 Å². The standard InChI is InChI=1S/C10H12O2/c1-6-3-4-8-7(2)5-12-10(8)9(6)11/h5-6H,3-4H2,1-2H3. The fraction of sp³-hybridized carbons (Fsp3) is 0.500. The zero-order valence-electron chi connectivity index (χ0n) is 7.39. The summed E-state index contributed by atoms with van der Waals surface area (Å²) in [5, 5.41) is 0. The van der Waals surface area contributed by atoms with Gasteiger partial charge >= 0.3 is 0 Å². The lowest BCUT2D eigenvalue weighted by Crippen LogP contribution is -2.18. The van der Waals surface area contributed by atoms with Gasteiger partial charge in [-0.2, -0.15) is 0 Å². The topological polar surface area (TPSA) is 30.2 Å². The number of carbonyl (C=O) groups excluding carboxylic acids is 1. The van der Waals surface area contributed by atoms with Crippen molar-refractivity contribution in [3.05, 3.63) is 23.2 Å². The predicted molar refractivity (Wildman–Crippen MR) is 45.3 cm³/mol. The molecule has 1 atom stereocenters. The van der Waals surface area contributed by atoms with Crippen LogP contribution in [0.5, 0.6) is 0 Å². The molecule has 1 aromatic rings. The monoisotopic (exact) mass is 164 g/mol. The SMILES string of the molecule is Cc1coc2c1CCC(C)C2=O. The van der Waals surface area contributed by atoms with Crippen molar-refractivity contribution in [1.29, 1.82) is 0 Å². The molecule has 1 heterocycles. The van der Waals surface area contributed by atoms with Crippen LogP contribution in [0.3, 0.4) is 0 Å². The Labute approximate surface area is 71.6 Å². The van der Waals surface area contributed by atoms with Crippen LogP contribution in [0, 0.1) is 12.8 Å². The molecular weight excluding hydrogens is 152 g/mol. The Balaban J connectivity index is 2.50. The minimum absolute atomic E-state index is 0.142. The first kappa shape index (κ1) is 7.59. The van der Waals surface area contributed by atoms with Crippen LogP contribution in [-0.2, 0) is 6.42 Å². The maximum atomic E-state index is 11.5. The molecule has 64 valence electrons. The Morgan fingerprint density at radius 1 is 1.58 bits per heavy atom. The lowest BCUT2D eigenvalue weighted by molar-refractivity contribution is 0.0883. The van der Waals surface area contributed by atoms with Gasteiger partial charge in [-0.25, -0.2) is 0 Å². The van der Waals surface area contributed by atoms with Crippen molar-refractivity contribution >= 4 is 5.78 Å². The molecule has 0 bridgehead atoms. The summed E-state index contributed by atoms with van der Waals surface area (Å²) in [6.07, 6.45) is 3.64. The largest absolute Gasteiger partial charge is 0.461 e. The van der Waals surface area contributed by atoms with E-state index in [4.69, 9.17) is 4.42 Å². The van der Waals surface area contributed by atoms with Crippen LogP contribution in [0.2, 0.25) is 0 Å². The predicted octanol–water partition coefficient (Wildman–Crippen LogP) is 2.35. The van der Waals surface area contributed by atoms with Gasteiger partial charge in [-0.05, 0) is 25.3 Å². The molecule has 0 amide bonds. The Morgan fingerprint density at radius 3 is 3.08 bits per heavy atom. The Bertz CT molecular complexity index is 323. The maximum Gasteiger partial charge on any atom is 0.201 e. The summed E-state index contributed by atoms with van der Waals surface area (Å²) in [4.78, 5) is 11.5. The molecular formula is C10H12O2. The fourth-order valence-corrected chi connectivity index (χ4v) is 1.70. The highest BCUT2D eigenvalue weighted by molar-refractivity contribution is 5.97. The molecule has 0 aliphatic heterocycles. The van der Waals surface area contributed by atoms with E-state index in [0.29, 0.717) is 5.76 Å². The number of carbonyl (C=O) groups is 1. The van der Waals surface area contributed by atoms with Crippen LogP contribution in [0.25, 0.3) is 0 Å². The van der Waals surface area contributed by atoms with Gasteiger partial charge < -0.3 is 4.42 Å². The Kier molecular flexibility index (Phi) is 1.56. The summed E-state index contributed by atoms with van der Waals surface area (Å²) in [5.41, 5.74) is 2.24. The highest BCUT2D eigenvalue weighted by Gasteiger charge is 2.27. The fourth-order valence-electron chi connectivity index (χ4n) is 1.70. The molecule has 0 saturated heterocycles. The van der Waals surface area contributed by atoms with E-state index in [0.717, 1.165) is 24.0 Å². The van der Waals surface area contributed by atoms with Crippen LogP contribution in [0.15, 0.2) is 10.7 Å². The van der Waals surface area contributed by atoms with Crippen molar-refractivity contribution in [2.45, 2.75) is 26.7 Å². The molecule has 0 N–H and O–H groups in total. The second kappa shape index (κ2) is 2.47. The summed E-state index contributed by atoms with van der Waals surface area (Å²) < 4.78 is 5.22. The molecule has 2 nitrogen and oxygen atoms in total. The van der Waals surface area contributed by atoms with Crippen LogP contribution in [0.1, 0.15) is 35.0 Å². The van der Waals surface area contributed by atoms with E-state index in [-0.39, 0.29) is 11.7 Å². The van der Waals surface area contributed by atoms with E-state index >= 15 is 0 Å². The van der Waals surface area contributed by atoms with Crippen molar-refractivity contribution in [3.63, 3.8) is 0 Å². The van der Waals surface area contributed by atoms with Crippen molar-refractivity contribution in [3.8, 4) is 0 Å². The summed E-state index contributed by atoms with van der Waals surface area (Å²) in [7, 11) is 0. The van der Waals surface area contributed by atoms with Gasteiger partial charge in [0.25, 0.3) is 0 Å². The van der Waals surface area contributed by atoms with Gasteiger partial charge in [-0.15, -0.1) is 0 Å². The minimum Gasteiger partial charge on any atom is -0.461 e. The Morgan fingerprint density at radius 2 is 2.33 bits per heavy atom. The zero-order chi connectivity index (χ0) is 8.72. The lowest BCUT2D eigenvalue weighted by atomic mass is 9.87. The van der Waals surface area contributed by atoms with Crippen molar-refractivity contribution in [2.75, 3.05) is 0 Å². The van der Waals surface area contributed by atoms with Crippen LogP contribution in [-0.4, -0.2) is 5.78 Å². The number of ketones is 1. The van der Waals surface area contributed by atoms with E-state index in [1.165, 1.54) is 0 Å². The second-order valence-corrected chi connectivity index (χ2v) is 3.53. The maximum absolute atomic E-state index is 11.5. The molecule has 0 aromatic carbocycles. The molecule has 1 aliphatic carbocycles. The molecule has 0 spiro atoms. The molecule has 0 saturated carbocycles. The summed E-state index contributed by atoms with van der Waals surface area (Å²) >= 11 is 0. The molecule has 0 radical (unpaired) electrons. The van der Waals surface area contributed by atoms with E-state index < -0.39 is 0 Å². The van der Waals surface area contributed by atoms with Crippen molar-refractivity contribution in [1.82, 2.24) is 0 Å². The van der Waals surface area contributed by atoms with Crippen LogP contribution < -0.4 is 0 Å². The number of hydrogen-bond donors (Lipinski definition) is 0. The van der Waals surface area contributed by atoms with Gasteiger partial charge in [0.15, 0.2) is 5.76 Å². The van der Waals surface area contributed by atoms with Gasteiger partial charge in [0, 0.05) is 11.5 Å². The number of aryl methyl sites for hydroxylation is 1. The summed E-state index contributed by atoms with van der Waals surface area (Å²) in [6, 6.07) is 0. The minimum atomic E-state index is 0.142. The van der Waals surface area contributed by atoms with Gasteiger partial charge in [0.05, 0.1) is 6.26 Å². The number of hydrogen-bond acceptors (Lipinski definition) is 2. The second-order valence-electron chi connectivity index (χ2n) is 3.53. The number of fused-ring (bicyclic) bond motifs is 1. The normalized spacial score (nSPS) is 22.5. The highest BCUT2D eigenvalue weighted by Crippen LogP contribution is 2.28. The first-order chi connectivity index (χ1) is 5.70. The molecule has 1 unspecified atom stereocenters. The van der Waals surface area contributed by atoms with Crippen molar-refractivity contribution in [2.24, 2.45) is 5.92 Å². The Hall–Kier alpha value is -1.05. The molecule has 0 fully saturated rings. The van der Waals surface area contributed by atoms with Crippen LogP contribution in [0.4, 0.5) is 0 Å².